The van der Waals surface area contributed by atoms with Crippen LogP contribution >= 0.6 is 55.1 Å². The molecule has 0 heterocycles. The van der Waals surface area contributed by atoms with E-state index in [1.807, 2.05) is 0 Å². The van der Waals surface area contributed by atoms with E-state index in [0.717, 1.165) is 8.95 Å². The van der Waals surface area contributed by atoms with E-state index in [1.165, 1.54) is 0 Å². The maximum Gasteiger partial charge on any atom is 0.255 e. The van der Waals surface area contributed by atoms with Gasteiger partial charge < -0.3 is 11.1 Å². The quantitative estimate of drug-likeness (QED) is 0.621. The Bertz CT molecular complexity index is 669. The molecule has 0 saturated carbocycles. The number of nitrogens with two attached hydrogens (primary N) is 1. The number of benzene rings is 2. The number of anilines is 2. The molecule has 0 fully saturated rings. The number of carbonyl (C=O) groups excluding carboxylic acids is 1. The fourth-order valence-electron chi connectivity index (χ4n) is 1.53. The normalized spacial score (nSPS) is 10.4. The standard InChI is InChI=1S/C13H8Br2Cl2N2O/c14-7-4-9(16)12(10(17)5-7)19-13(20)6-1-2-8(15)11(18)3-6/h1-5H,18H2,(H,19,20). The van der Waals surface area contributed by atoms with Crippen molar-refractivity contribution in [3.63, 3.8) is 0 Å². The van der Waals surface area contributed by atoms with Gasteiger partial charge in [-0.2, -0.15) is 0 Å². The van der Waals surface area contributed by atoms with Gasteiger partial charge in [0.15, 0.2) is 0 Å². The first-order valence-corrected chi connectivity index (χ1v) is 7.73. The zero-order valence-electron chi connectivity index (χ0n) is 9.88. The SMILES string of the molecule is Nc1cc(C(=O)Nc2c(Cl)cc(Br)cc2Cl)ccc1Br. The van der Waals surface area contributed by atoms with Crippen LogP contribution < -0.4 is 11.1 Å². The number of halogens is 4. The molecule has 1 amide bonds. The third-order valence-electron chi connectivity index (χ3n) is 2.50. The molecule has 2 aromatic carbocycles. The van der Waals surface area contributed by atoms with Crippen LogP contribution in [0, 0.1) is 0 Å². The van der Waals surface area contributed by atoms with Crippen LogP contribution in [0.2, 0.25) is 10.0 Å². The first-order valence-electron chi connectivity index (χ1n) is 5.39. The van der Waals surface area contributed by atoms with E-state index in [2.05, 4.69) is 37.2 Å². The minimum atomic E-state index is -0.338. The topological polar surface area (TPSA) is 55.1 Å². The van der Waals surface area contributed by atoms with E-state index in [1.54, 1.807) is 30.3 Å². The summed E-state index contributed by atoms with van der Waals surface area (Å²) < 4.78 is 1.46. The second-order valence-corrected chi connectivity index (χ2v) is 6.52. The van der Waals surface area contributed by atoms with E-state index in [4.69, 9.17) is 28.9 Å². The Balaban J connectivity index is 2.30. The van der Waals surface area contributed by atoms with Crippen molar-refractivity contribution in [3.05, 3.63) is 54.9 Å². The number of nitrogens with one attached hydrogen (secondary N) is 1. The van der Waals surface area contributed by atoms with Crippen LogP contribution in [0.25, 0.3) is 0 Å². The molecule has 2 aromatic rings. The average molecular weight is 439 g/mol. The lowest BCUT2D eigenvalue weighted by molar-refractivity contribution is 0.102. The highest BCUT2D eigenvalue weighted by atomic mass is 79.9. The van der Waals surface area contributed by atoms with Gasteiger partial charge in [0.25, 0.3) is 5.91 Å². The van der Waals surface area contributed by atoms with Crippen LogP contribution in [-0.2, 0) is 0 Å². The number of carbonyl (C=O) groups is 1. The van der Waals surface area contributed by atoms with Crippen molar-refractivity contribution in [2.45, 2.75) is 0 Å². The number of hydrogen-bond donors (Lipinski definition) is 2. The summed E-state index contributed by atoms with van der Waals surface area (Å²) >= 11 is 18.7. The maximum atomic E-state index is 12.2. The minimum Gasteiger partial charge on any atom is -0.398 e. The number of nitrogen functional groups attached to an aromatic ring is 1. The third kappa shape index (κ3) is 3.47. The number of rotatable bonds is 2. The number of hydrogen-bond acceptors (Lipinski definition) is 2. The van der Waals surface area contributed by atoms with Crippen molar-refractivity contribution in [1.29, 1.82) is 0 Å². The molecule has 3 nitrogen and oxygen atoms in total. The summed E-state index contributed by atoms with van der Waals surface area (Å²) in [5, 5.41) is 3.37. The molecule has 20 heavy (non-hydrogen) atoms. The molecular weight excluding hydrogens is 431 g/mol. The predicted molar refractivity (Wildman–Crippen MR) is 90.7 cm³/mol. The third-order valence-corrected chi connectivity index (χ3v) is 4.28. The summed E-state index contributed by atoms with van der Waals surface area (Å²) in [6.45, 7) is 0. The lowest BCUT2D eigenvalue weighted by Crippen LogP contribution is -2.13. The molecule has 2 rings (SSSR count). The monoisotopic (exact) mass is 436 g/mol. The molecule has 0 saturated heterocycles. The van der Waals surface area contributed by atoms with Crippen molar-refractivity contribution in [1.82, 2.24) is 0 Å². The molecule has 0 bridgehead atoms. The Hall–Kier alpha value is -0.750. The highest BCUT2D eigenvalue weighted by molar-refractivity contribution is 9.10. The van der Waals surface area contributed by atoms with Crippen molar-refractivity contribution in [3.8, 4) is 0 Å². The second-order valence-electron chi connectivity index (χ2n) is 3.93. The van der Waals surface area contributed by atoms with Gasteiger partial charge in [0.05, 0.1) is 15.7 Å². The fraction of sp³-hybridized carbons (Fsp3) is 0. The van der Waals surface area contributed by atoms with E-state index in [9.17, 15) is 4.79 Å². The summed E-state index contributed by atoms with van der Waals surface area (Å²) in [4.78, 5) is 12.2. The van der Waals surface area contributed by atoms with Gasteiger partial charge in [0.2, 0.25) is 0 Å². The number of amides is 1. The van der Waals surface area contributed by atoms with Gasteiger partial charge in [-0.25, -0.2) is 0 Å². The van der Waals surface area contributed by atoms with Gasteiger partial charge in [0, 0.05) is 20.2 Å². The van der Waals surface area contributed by atoms with Gasteiger partial charge >= 0.3 is 0 Å². The van der Waals surface area contributed by atoms with Crippen LogP contribution in [0.1, 0.15) is 10.4 Å². The van der Waals surface area contributed by atoms with Crippen LogP contribution in [0.5, 0.6) is 0 Å². The van der Waals surface area contributed by atoms with E-state index < -0.39 is 0 Å². The zero-order chi connectivity index (χ0) is 14.9. The highest BCUT2D eigenvalue weighted by Crippen LogP contribution is 2.34. The fourth-order valence-corrected chi connectivity index (χ4v) is 3.08. The Morgan fingerprint density at radius 1 is 1.10 bits per heavy atom. The van der Waals surface area contributed by atoms with Crippen LogP contribution in [0.3, 0.4) is 0 Å². The van der Waals surface area contributed by atoms with Crippen molar-refractivity contribution in [2.75, 3.05) is 11.1 Å². The van der Waals surface area contributed by atoms with Gasteiger partial charge in [-0.15, -0.1) is 0 Å². The summed E-state index contributed by atoms with van der Waals surface area (Å²) in [7, 11) is 0. The Kier molecular flexibility index (Phi) is 4.96. The molecule has 3 N–H and O–H groups in total. The summed E-state index contributed by atoms with van der Waals surface area (Å²) in [6, 6.07) is 8.23. The average Bonchev–Trinajstić information content (AvgIpc) is 2.36. The molecule has 0 aliphatic rings. The molecule has 0 aliphatic heterocycles. The Labute approximate surface area is 142 Å². The molecule has 0 radical (unpaired) electrons. The Morgan fingerprint density at radius 2 is 1.70 bits per heavy atom. The van der Waals surface area contributed by atoms with Crippen LogP contribution in [-0.4, -0.2) is 5.91 Å². The molecule has 0 aliphatic carbocycles. The first kappa shape index (κ1) is 15.6. The van der Waals surface area contributed by atoms with Gasteiger partial charge in [-0.3, -0.25) is 4.79 Å². The molecular formula is C13H8Br2Cl2N2O. The van der Waals surface area contributed by atoms with Crippen molar-refractivity contribution < 1.29 is 4.79 Å². The van der Waals surface area contributed by atoms with Gasteiger partial charge in [-0.1, -0.05) is 39.1 Å². The molecule has 0 atom stereocenters. The minimum absolute atomic E-state index is 0.338. The molecule has 0 unspecified atom stereocenters. The van der Waals surface area contributed by atoms with E-state index in [0.29, 0.717) is 27.0 Å². The lowest BCUT2D eigenvalue weighted by Gasteiger charge is -2.10. The molecule has 104 valence electrons. The van der Waals surface area contributed by atoms with Gasteiger partial charge in [-0.05, 0) is 46.3 Å². The summed E-state index contributed by atoms with van der Waals surface area (Å²) in [5.74, 6) is -0.338. The second kappa shape index (κ2) is 6.35. The smallest absolute Gasteiger partial charge is 0.255 e. The van der Waals surface area contributed by atoms with Gasteiger partial charge in [0.1, 0.15) is 0 Å². The lowest BCUT2D eigenvalue weighted by atomic mass is 10.2. The predicted octanol–water partition coefficient (Wildman–Crippen LogP) is 5.35. The first-order chi connectivity index (χ1) is 9.38. The maximum absolute atomic E-state index is 12.2. The van der Waals surface area contributed by atoms with Crippen molar-refractivity contribution in [2.24, 2.45) is 0 Å². The summed E-state index contributed by atoms with van der Waals surface area (Å²) in [6.07, 6.45) is 0. The zero-order valence-corrected chi connectivity index (χ0v) is 14.6. The largest absolute Gasteiger partial charge is 0.398 e. The Morgan fingerprint density at radius 3 is 2.25 bits per heavy atom. The molecule has 7 heteroatoms. The van der Waals surface area contributed by atoms with Crippen LogP contribution in [0.15, 0.2) is 39.3 Å². The van der Waals surface area contributed by atoms with E-state index in [-0.39, 0.29) is 5.91 Å². The van der Waals surface area contributed by atoms with Crippen molar-refractivity contribution >= 4 is 72.3 Å². The van der Waals surface area contributed by atoms with Crippen LogP contribution in [0.4, 0.5) is 11.4 Å². The molecule has 0 aromatic heterocycles. The summed E-state index contributed by atoms with van der Waals surface area (Å²) in [5.41, 5.74) is 7.01. The molecule has 0 spiro atoms. The highest BCUT2D eigenvalue weighted by Gasteiger charge is 2.13. The van der Waals surface area contributed by atoms with E-state index >= 15 is 0 Å².